The first-order valence-electron chi connectivity index (χ1n) is 4.46. The van der Waals surface area contributed by atoms with E-state index in [9.17, 15) is 13.2 Å². The van der Waals surface area contributed by atoms with Gasteiger partial charge in [0, 0.05) is 13.3 Å². The zero-order valence-electron chi connectivity index (χ0n) is 8.17. The van der Waals surface area contributed by atoms with E-state index in [4.69, 9.17) is 6.57 Å². The molecule has 0 saturated heterocycles. The average Bonchev–Trinajstić information content (AvgIpc) is 2.17. The smallest absolute Gasteiger partial charge is 0.314 e. The molecular weight excluding hydrogens is 203 g/mol. The maximum atomic E-state index is 12.2. The summed E-state index contributed by atoms with van der Waals surface area (Å²) in [6.45, 7) is 8.49. The first-order valence-corrected chi connectivity index (χ1v) is 4.46. The monoisotopic (exact) mass is 213 g/mol. The van der Waals surface area contributed by atoms with Crippen molar-refractivity contribution in [2.45, 2.75) is 25.6 Å². The van der Waals surface area contributed by atoms with Gasteiger partial charge in [-0.3, -0.25) is 0 Å². The molecule has 1 aromatic carbocycles. The van der Waals surface area contributed by atoms with Crippen LogP contribution < -0.4 is 0 Å². The van der Waals surface area contributed by atoms with Crippen molar-refractivity contribution in [2.24, 2.45) is 0 Å². The molecule has 1 rings (SSSR count). The van der Waals surface area contributed by atoms with Gasteiger partial charge in [0.15, 0.2) is 0 Å². The van der Waals surface area contributed by atoms with Crippen LogP contribution in [0.4, 0.5) is 13.2 Å². The van der Waals surface area contributed by atoms with E-state index in [1.54, 1.807) is 6.92 Å². The van der Waals surface area contributed by atoms with Crippen LogP contribution in [0.5, 0.6) is 0 Å². The summed E-state index contributed by atoms with van der Waals surface area (Å²) in [6, 6.07) is 4.74. The van der Waals surface area contributed by atoms with Crippen molar-refractivity contribution in [1.82, 2.24) is 0 Å². The minimum absolute atomic E-state index is 0.193. The van der Waals surface area contributed by atoms with Crippen LogP contribution in [0.15, 0.2) is 24.3 Å². The Morgan fingerprint density at radius 3 is 2.20 bits per heavy atom. The number of nitrogens with zero attached hydrogens (tertiary/aromatic N) is 1. The summed E-state index contributed by atoms with van der Waals surface area (Å²) in [6.07, 6.45) is -3.80. The minimum Gasteiger partial charge on any atom is -0.314 e. The molecule has 1 atom stereocenters. The van der Waals surface area contributed by atoms with Gasteiger partial charge in [-0.05, 0) is 17.7 Å². The molecular formula is C11H10F3N. The molecule has 0 aromatic heterocycles. The van der Waals surface area contributed by atoms with Gasteiger partial charge in [0.05, 0.1) is 5.56 Å². The Morgan fingerprint density at radius 2 is 1.80 bits per heavy atom. The molecule has 1 aromatic rings. The third kappa shape index (κ3) is 3.28. The van der Waals surface area contributed by atoms with Crippen molar-refractivity contribution in [3.8, 4) is 0 Å². The van der Waals surface area contributed by atoms with E-state index in [0.29, 0.717) is 6.42 Å². The highest BCUT2D eigenvalue weighted by Crippen LogP contribution is 2.29. The zero-order valence-corrected chi connectivity index (χ0v) is 8.17. The van der Waals surface area contributed by atoms with Crippen molar-refractivity contribution in [3.05, 3.63) is 46.8 Å². The molecule has 0 aliphatic rings. The first kappa shape index (κ1) is 11.6. The van der Waals surface area contributed by atoms with Crippen LogP contribution in [0, 0.1) is 6.57 Å². The maximum absolute atomic E-state index is 12.2. The quantitative estimate of drug-likeness (QED) is 0.661. The third-order valence-corrected chi connectivity index (χ3v) is 2.03. The summed E-state index contributed by atoms with van der Waals surface area (Å²) in [5.41, 5.74) is 0.105. The maximum Gasteiger partial charge on any atom is 0.416 e. The number of alkyl halides is 3. The van der Waals surface area contributed by atoms with Crippen molar-refractivity contribution >= 4 is 0 Å². The first-order chi connectivity index (χ1) is 6.93. The predicted molar refractivity (Wildman–Crippen MR) is 51.2 cm³/mol. The molecule has 0 radical (unpaired) electrons. The van der Waals surface area contributed by atoms with Gasteiger partial charge < -0.3 is 4.85 Å². The highest BCUT2D eigenvalue weighted by atomic mass is 19.4. The molecule has 1 unspecified atom stereocenters. The molecule has 0 heterocycles. The fourth-order valence-electron chi connectivity index (χ4n) is 1.22. The number of benzene rings is 1. The summed E-state index contributed by atoms with van der Waals surface area (Å²) >= 11 is 0. The van der Waals surface area contributed by atoms with Gasteiger partial charge in [-0.25, -0.2) is 6.57 Å². The Hall–Kier alpha value is -1.50. The summed E-state index contributed by atoms with van der Waals surface area (Å²) in [7, 11) is 0. The number of hydrogen-bond donors (Lipinski definition) is 0. The van der Waals surface area contributed by atoms with Crippen molar-refractivity contribution in [3.63, 3.8) is 0 Å². The lowest BCUT2D eigenvalue weighted by Gasteiger charge is -2.07. The fraction of sp³-hybridized carbons (Fsp3) is 0.364. The zero-order chi connectivity index (χ0) is 11.5. The highest BCUT2D eigenvalue weighted by Gasteiger charge is 2.29. The van der Waals surface area contributed by atoms with Crippen LogP contribution in [0.3, 0.4) is 0 Å². The van der Waals surface area contributed by atoms with E-state index in [1.807, 2.05) is 0 Å². The van der Waals surface area contributed by atoms with Gasteiger partial charge in [-0.1, -0.05) is 12.1 Å². The number of hydrogen-bond acceptors (Lipinski definition) is 0. The summed E-state index contributed by atoms with van der Waals surface area (Å²) in [5, 5.41) is 0. The lowest BCUT2D eigenvalue weighted by Crippen LogP contribution is -2.05. The van der Waals surface area contributed by atoms with Crippen LogP contribution in [0.1, 0.15) is 18.1 Å². The average molecular weight is 213 g/mol. The van der Waals surface area contributed by atoms with E-state index in [-0.39, 0.29) is 6.04 Å². The summed E-state index contributed by atoms with van der Waals surface area (Å²) < 4.78 is 36.6. The highest BCUT2D eigenvalue weighted by molar-refractivity contribution is 5.25. The molecule has 4 heteroatoms. The molecule has 1 nitrogen and oxygen atoms in total. The van der Waals surface area contributed by atoms with Gasteiger partial charge in [-0.2, -0.15) is 13.2 Å². The van der Waals surface area contributed by atoms with Crippen molar-refractivity contribution in [2.75, 3.05) is 0 Å². The number of halogens is 3. The third-order valence-electron chi connectivity index (χ3n) is 2.03. The SMILES string of the molecule is [C-]#[N+]C(C)Cc1ccc(C(F)(F)F)cc1. The van der Waals surface area contributed by atoms with Crippen molar-refractivity contribution < 1.29 is 13.2 Å². The molecule has 0 spiro atoms. The minimum atomic E-state index is -4.29. The molecule has 0 amide bonds. The van der Waals surface area contributed by atoms with Crippen molar-refractivity contribution in [1.29, 1.82) is 0 Å². The molecule has 0 N–H and O–H groups in total. The van der Waals surface area contributed by atoms with Gasteiger partial charge in [0.25, 0.3) is 0 Å². The largest absolute Gasteiger partial charge is 0.416 e. The van der Waals surface area contributed by atoms with Crippen LogP contribution in [0.25, 0.3) is 4.85 Å². The van der Waals surface area contributed by atoms with Crippen LogP contribution >= 0.6 is 0 Å². The summed E-state index contributed by atoms with van der Waals surface area (Å²) in [4.78, 5) is 3.28. The molecule has 80 valence electrons. The lowest BCUT2D eigenvalue weighted by atomic mass is 10.1. The predicted octanol–water partition coefficient (Wildman–Crippen LogP) is 3.56. The molecule has 0 aliphatic heterocycles. The van der Waals surface area contributed by atoms with E-state index >= 15 is 0 Å². The van der Waals surface area contributed by atoms with E-state index in [1.165, 1.54) is 12.1 Å². The standard InChI is InChI=1S/C11H10F3N/c1-8(15-2)7-9-3-5-10(6-4-9)11(12,13)14/h3-6,8H,7H2,1H3. The van der Waals surface area contributed by atoms with Gasteiger partial charge in [0.2, 0.25) is 6.04 Å². The molecule has 15 heavy (non-hydrogen) atoms. The summed E-state index contributed by atoms with van der Waals surface area (Å²) in [5.74, 6) is 0. The molecule has 0 bridgehead atoms. The van der Waals surface area contributed by atoms with E-state index in [0.717, 1.165) is 17.7 Å². The Balaban J connectivity index is 2.78. The Bertz CT molecular complexity index is 359. The number of rotatable bonds is 2. The topological polar surface area (TPSA) is 4.36 Å². The Morgan fingerprint density at radius 1 is 1.27 bits per heavy atom. The van der Waals surface area contributed by atoms with Gasteiger partial charge in [0.1, 0.15) is 0 Å². The Labute approximate surface area is 86.4 Å². The van der Waals surface area contributed by atoms with Crippen LogP contribution in [-0.2, 0) is 12.6 Å². The van der Waals surface area contributed by atoms with Gasteiger partial charge in [-0.15, -0.1) is 0 Å². The van der Waals surface area contributed by atoms with Crippen LogP contribution in [-0.4, -0.2) is 6.04 Å². The second-order valence-corrected chi connectivity index (χ2v) is 3.38. The Kier molecular flexibility index (Phi) is 3.35. The van der Waals surface area contributed by atoms with E-state index < -0.39 is 11.7 Å². The normalized spacial score (nSPS) is 13.3. The molecule has 0 fully saturated rings. The fourth-order valence-corrected chi connectivity index (χ4v) is 1.22. The van der Waals surface area contributed by atoms with Gasteiger partial charge >= 0.3 is 6.18 Å². The molecule has 0 saturated carbocycles. The second-order valence-electron chi connectivity index (χ2n) is 3.38. The van der Waals surface area contributed by atoms with Crippen LogP contribution in [0.2, 0.25) is 0 Å². The lowest BCUT2D eigenvalue weighted by molar-refractivity contribution is -0.137. The van der Waals surface area contributed by atoms with E-state index in [2.05, 4.69) is 4.85 Å². The molecule has 0 aliphatic carbocycles. The second kappa shape index (κ2) is 4.35.